The lowest BCUT2D eigenvalue weighted by atomic mass is 10.3. The van der Waals surface area contributed by atoms with E-state index in [0.717, 1.165) is 20.3 Å². The number of pyridine rings is 1. The minimum Gasteiger partial charge on any atom is -0.494 e. The summed E-state index contributed by atoms with van der Waals surface area (Å²) in [5.74, 6) is -0.816. The normalized spacial score (nSPS) is 10.3. The third-order valence-corrected chi connectivity index (χ3v) is 1.78. The van der Waals surface area contributed by atoms with Gasteiger partial charge in [-0.2, -0.15) is 0 Å². The first-order valence-corrected chi connectivity index (χ1v) is 4.06. The van der Waals surface area contributed by atoms with E-state index >= 15 is 0 Å². The van der Waals surface area contributed by atoms with Gasteiger partial charge in [-0.05, 0) is 0 Å². The minimum atomic E-state index is -2.90. The molecule has 0 saturated carbocycles. The SMILES string of the molecule is COc1cc([N+](=O)[O-])c(OC)nc1C(F)F. The summed E-state index contributed by atoms with van der Waals surface area (Å²) in [5, 5.41) is 10.6. The predicted octanol–water partition coefficient (Wildman–Crippen LogP) is 1.94. The van der Waals surface area contributed by atoms with Gasteiger partial charge in [0.25, 0.3) is 12.3 Å². The van der Waals surface area contributed by atoms with Crippen molar-refractivity contribution < 1.29 is 23.2 Å². The van der Waals surface area contributed by atoms with Crippen molar-refractivity contribution in [3.63, 3.8) is 0 Å². The van der Waals surface area contributed by atoms with Crippen LogP contribution < -0.4 is 9.47 Å². The summed E-state index contributed by atoms with van der Waals surface area (Å²) < 4.78 is 34.1. The smallest absolute Gasteiger partial charge is 0.334 e. The third kappa shape index (κ3) is 2.15. The molecule has 6 nitrogen and oxygen atoms in total. The zero-order valence-electron chi connectivity index (χ0n) is 8.44. The Morgan fingerprint density at radius 3 is 2.44 bits per heavy atom. The zero-order valence-corrected chi connectivity index (χ0v) is 8.44. The Morgan fingerprint density at radius 2 is 2.06 bits per heavy atom. The molecule has 8 heteroatoms. The van der Waals surface area contributed by atoms with Crippen molar-refractivity contribution in [3.8, 4) is 11.6 Å². The fourth-order valence-electron chi connectivity index (χ4n) is 1.08. The van der Waals surface area contributed by atoms with Crippen molar-refractivity contribution in [3.05, 3.63) is 21.9 Å². The second-order valence-corrected chi connectivity index (χ2v) is 2.66. The molecule has 0 radical (unpaired) electrons. The number of halogens is 2. The summed E-state index contributed by atoms with van der Waals surface area (Å²) >= 11 is 0. The Bertz CT molecular complexity index is 411. The van der Waals surface area contributed by atoms with E-state index in [2.05, 4.69) is 14.5 Å². The third-order valence-electron chi connectivity index (χ3n) is 1.78. The molecule has 0 saturated heterocycles. The molecule has 0 atom stereocenters. The molecule has 0 fully saturated rings. The van der Waals surface area contributed by atoms with Crippen LogP contribution in [0.25, 0.3) is 0 Å². The summed E-state index contributed by atoms with van der Waals surface area (Å²) in [5.41, 5.74) is -1.21. The number of methoxy groups -OCH3 is 2. The van der Waals surface area contributed by atoms with E-state index in [9.17, 15) is 18.9 Å². The van der Waals surface area contributed by atoms with E-state index in [0.29, 0.717) is 0 Å². The average molecular weight is 234 g/mol. The van der Waals surface area contributed by atoms with Gasteiger partial charge in [-0.15, -0.1) is 0 Å². The maximum atomic E-state index is 12.5. The van der Waals surface area contributed by atoms with E-state index in [1.54, 1.807) is 0 Å². The van der Waals surface area contributed by atoms with Crippen LogP contribution in [0.4, 0.5) is 14.5 Å². The number of nitrogens with zero attached hydrogens (tertiary/aromatic N) is 2. The first-order valence-electron chi connectivity index (χ1n) is 4.06. The molecule has 1 aromatic rings. The number of rotatable bonds is 4. The number of alkyl halides is 2. The minimum absolute atomic E-state index is 0.345. The van der Waals surface area contributed by atoms with Crippen LogP contribution >= 0.6 is 0 Å². The lowest BCUT2D eigenvalue weighted by Crippen LogP contribution is -2.02. The topological polar surface area (TPSA) is 74.5 Å². The maximum absolute atomic E-state index is 12.5. The maximum Gasteiger partial charge on any atom is 0.334 e. The summed E-state index contributed by atoms with van der Waals surface area (Å²) in [6, 6.07) is 0.854. The summed E-state index contributed by atoms with van der Waals surface area (Å²) in [4.78, 5) is 13.1. The zero-order chi connectivity index (χ0) is 12.3. The highest BCUT2D eigenvalue weighted by Crippen LogP contribution is 2.35. The highest BCUT2D eigenvalue weighted by molar-refractivity contribution is 5.48. The molecule has 0 aliphatic rings. The molecule has 0 spiro atoms. The first-order chi connectivity index (χ1) is 7.51. The Kier molecular flexibility index (Phi) is 3.54. The van der Waals surface area contributed by atoms with Gasteiger partial charge in [0, 0.05) is 0 Å². The van der Waals surface area contributed by atoms with Crippen LogP contribution in [0.2, 0.25) is 0 Å². The van der Waals surface area contributed by atoms with Gasteiger partial charge in [0.1, 0.15) is 0 Å². The van der Waals surface area contributed by atoms with Gasteiger partial charge < -0.3 is 9.47 Å². The number of nitro groups is 1. The number of aromatic nitrogens is 1. The van der Waals surface area contributed by atoms with Crippen molar-refractivity contribution in [2.75, 3.05) is 14.2 Å². The first kappa shape index (κ1) is 12.1. The van der Waals surface area contributed by atoms with Crippen molar-refractivity contribution >= 4 is 5.69 Å². The number of hydrogen-bond donors (Lipinski definition) is 0. The summed E-state index contributed by atoms with van der Waals surface area (Å²) in [7, 11) is 2.23. The molecule has 0 bridgehead atoms. The molecular formula is C8H8F2N2O4. The van der Waals surface area contributed by atoms with E-state index in [4.69, 9.17) is 0 Å². The predicted molar refractivity (Wildman–Crippen MR) is 49.0 cm³/mol. The van der Waals surface area contributed by atoms with E-state index < -0.39 is 28.6 Å². The van der Waals surface area contributed by atoms with Gasteiger partial charge in [0.05, 0.1) is 25.2 Å². The van der Waals surface area contributed by atoms with Crippen molar-refractivity contribution in [1.29, 1.82) is 0 Å². The van der Waals surface area contributed by atoms with Gasteiger partial charge in [-0.3, -0.25) is 10.1 Å². The molecule has 0 amide bonds. The van der Waals surface area contributed by atoms with Crippen LogP contribution in [-0.2, 0) is 0 Å². The average Bonchev–Trinajstić information content (AvgIpc) is 2.26. The highest BCUT2D eigenvalue weighted by atomic mass is 19.3. The molecule has 88 valence electrons. The van der Waals surface area contributed by atoms with Gasteiger partial charge in [0.15, 0.2) is 11.4 Å². The van der Waals surface area contributed by atoms with Gasteiger partial charge in [0.2, 0.25) is 0 Å². The fraction of sp³-hybridized carbons (Fsp3) is 0.375. The number of hydrogen-bond acceptors (Lipinski definition) is 5. The second kappa shape index (κ2) is 4.69. The molecular weight excluding hydrogens is 226 g/mol. The Balaban J connectivity index is 3.40. The van der Waals surface area contributed by atoms with Gasteiger partial charge in [-0.1, -0.05) is 0 Å². The molecule has 0 N–H and O–H groups in total. The van der Waals surface area contributed by atoms with E-state index in [-0.39, 0.29) is 5.75 Å². The van der Waals surface area contributed by atoms with Crippen molar-refractivity contribution in [1.82, 2.24) is 4.98 Å². The summed E-state index contributed by atoms with van der Waals surface area (Å²) in [6.07, 6.45) is -2.90. The molecule has 0 aliphatic carbocycles. The van der Waals surface area contributed by atoms with Gasteiger partial charge >= 0.3 is 5.69 Å². The van der Waals surface area contributed by atoms with E-state index in [1.165, 1.54) is 0 Å². The molecule has 16 heavy (non-hydrogen) atoms. The molecule has 1 aromatic heterocycles. The van der Waals surface area contributed by atoms with Crippen LogP contribution in [-0.4, -0.2) is 24.1 Å². The molecule has 0 aliphatic heterocycles. The summed E-state index contributed by atoms with van der Waals surface area (Å²) in [6.45, 7) is 0. The lowest BCUT2D eigenvalue weighted by Gasteiger charge is -2.08. The van der Waals surface area contributed by atoms with Gasteiger partial charge in [-0.25, -0.2) is 13.8 Å². The van der Waals surface area contributed by atoms with Crippen LogP contribution in [0.15, 0.2) is 6.07 Å². The molecule has 1 heterocycles. The lowest BCUT2D eigenvalue weighted by molar-refractivity contribution is -0.386. The van der Waals surface area contributed by atoms with Crippen LogP contribution in [0.3, 0.4) is 0 Å². The largest absolute Gasteiger partial charge is 0.494 e. The van der Waals surface area contributed by atoms with Crippen molar-refractivity contribution in [2.24, 2.45) is 0 Å². The van der Waals surface area contributed by atoms with Crippen LogP contribution in [0.1, 0.15) is 12.1 Å². The molecule has 1 rings (SSSR count). The second-order valence-electron chi connectivity index (χ2n) is 2.66. The highest BCUT2D eigenvalue weighted by Gasteiger charge is 2.25. The van der Waals surface area contributed by atoms with E-state index in [1.807, 2.05) is 0 Å². The fourth-order valence-corrected chi connectivity index (χ4v) is 1.08. The Hall–Kier alpha value is -1.99. The molecule has 0 unspecified atom stereocenters. The standard InChI is InChI=1S/C8H8F2N2O4/c1-15-5-3-4(12(13)14)8(16-2)11-6(5)7(9)10/h3,7H,1-2H3. The van der Waals surface area contributed by atoms with Crippen molar-refractivity contribution in [2.45, 2.75) is 6.43 Å². The monoisotopic (exact) mass is 234 g/mol. The quantitative estimate of drug-likeness (QED) is 0.587. The number of ether oxygens (including phenoxy) is 2. The Labute approximate surface area is 89.0 Å². The van der Waals surface area contributed by atoms with Crippen LogP contribution in [0.5, 0.6) is 11.6 Å². The van der Waals surface area contributed by atoms with Crippen LogP contribution in [0, 0.1) is 10.1 Å². The Morgan fingerprint density at radius 1 is 1.44 bits per heavy atom. The molecule has 0 aromatic carbocycles.